The molecule has 3 N–H and O–H groups in total. The van der Waals surface area contributed by atoms with Crippen LogP contribution in [-0.4, -0.2) is 37.1 Å². The molecule has 0 aliphatic rings. The molecule has 3 amide bonds. The molecule has 10 heteroatoms. The number of benzene rings is 3. The smallest absolute Gasteiger partial charge is 0.329 e. The number of halogens is 1. The number of hydrogen-bond donors (Lipinski definition) is 3. The Kier molecular flexibility index (Phi) is 9.84. The third-order valence-corrected chi connectivity index (χ3v) is 4.78. The zero-order chi connectivity index (χ0) is 25.8. The monoisotopic (exact) mass is 508 g/mol. The molecule has 0 saturated heterocycles. The summed E-state index contributed by atoms with van der Waals surface area (Å²) >= 11 is 5.92. The van der Waals surface area contributed by atoms with E-state index in [2.05, 4.69) is 21.2 Å². The van der Waals surface area contributed by atoms with Crippen LogP contribution in [0.3, 0.4) is 0 Å². The normalized spacial score (nSPS) is 10.5. The predicted octanol–water partition coefficient (Wildman–Crippen LogP) is 4.24. The third-order valence-electron chi connectivity index (χ3n) is 4.55. The number of anilines is 2. The number of carbonyl (C=O) groups is 3. The molecule has 0 saturated carbocycles. The van der Waals surface area contributed by atoms with Gasteiger partial charge in [0.15, 0.2) is 6.61 Å². The van der Waals surface area contributed by atoms with Crippen LogP contribution in [0.2, 0.25) is 5.02 Å². The van der Waals surface area contributed by atoms with Crippen molar-refractivity contribution < 1.29 is 23.9 Å². The molecule has 0 heterocycles. The maximum atomic E-state index is 12.2. The molecular weight excluding hydrogens is 484 g/mol. The minimum Gasteiger partial charge on any atom is -0.494 e. The maximum Gasteiger partial charge on any atom is 0.329 e. The highest BCUT2D eigenvalue weighted by molar-refractivity contribution is 6.39. The Labute approximate surface area is 213 Å². The molecule has 0 aliphatic carbocycles. The molecule has 0 aromatic heterocycles. The minimum atomic E-state index is -0.947. The van der Waals surface area contributed by atoms with Crippen LogP contribution in [0.4, 0.5) is 11.4 Å². The SMILES string of the molecule is CCCOc1ccc(NC(=O)C(=O)N/N=C\c2ccccc2OCC(=O)Nc2cccc(Cl)c2)cc1. The fourth-order valence-corrected chi connectivity index (χ4v) is 3.07. The van der Waals surface area contributed by atoms with E-state index in [4.69, 9.17) is 21.1 Å². The summed E-state index contributed by atoms with van der Waals surface area (Å²) in [6.45, 7) is 2.34. The molecule has 0 atom stereocenters. The standard InChI is InChI=1S/C26H25ClN4O5/c1-2-14-35-22-12-10-20(11-13-22)30-25(33)26(34)31-28-16-18-6-3-4-9-23(18)36-17-24(32)29-21-8-5-7-19(27)15-21/h3-13,15-16H,2,14,17H2,1H3,(H,29,32)(H,30,33)(H,31,34)/b28-16-. The van der Waals surface area contributed by atoms with E-state index in [1.165, 1.54) is 6.21 Å². The van der Waals surface area contributed by atoms with Crippen molar-refractivity contribution in [3.63, 3.8) is 0 Å². The average molecular weight is 509 g/mol. The van der Waals surface area contributed by atoms with E-state index in [1.54, 1.807) is 72.8 Å². The predicted molar refractivity (Wildman–Crippen MR) is 139 cm³/mol. The number of hydrazone groups is 1. The lowest BCUT2D eigenvalue weighted by molar-refractivity contribution is -0.136. The molecular formula is C26H25ClN4O5. The summed E-state index contributed by atoms with van der Waals surface area (Å²) in [6, 6.07) is 20.2. The van der Waals surface area contributed by atoms with Crippen LogP contribution in [0, 0.1) is 0 Å². The van der Waals surface area contributed by atoms with Crippen LogP contribution in [0.15, 0.2) is 77.9 Å². The summed E-state index contributed by atoms with van der Waals surface area (Å²) in [5.41, 5.74) is 3.65. The fraction of sp³-hybridized carbons (Fsp3) is 0.154. The van der Waals surface area contributed by atoms with E-state index in [0.29, 0.717) is 40.1 Å². The second kappa shape index (κ2) is 13.5. The second-order valence-corrected chi connectivity index (χ2v) is 7.85. The summed E-state index contributed by atoms with van der Waals surface area (Å²) < 4.78 is 11.1. The first kappa shape index (κ1) is 26.2. The van der Waals surface area contributed by atoms with E-state index in [0.717, 1.165) is 6.42 Å². The molecule has 186 valence electrons. The van der Waals surface area contributed by atoms with Gasteiger partial charge < -0.3 is 20.1 Å². The van der Waals surface area contributed by atoms with Crippen molar-refractivity contribution in [2.75, 3.05) is 23.8 Å². The highest BCUT2D eigenvalue weighted by atomic mass is 35.5. The second-order valence-electron chi connectivity index (χ2n) is 7.41. The quantitative estimate of drug-likeness (QED) is 0.215. The van der Waals surface area contributed by atoms with Crippen molar-refractivity contribution in [3.8, 4) is 11.5 Å². The van der Waals surface area contributed by atoms with Crippen LogP contribution in [0.25, 0.3) is 0 Å². The lowest BCUT2D eigenvalue weighted by Crippen LogP contribution is -2.32. The van der Waals surface area contributed by atoms with Crippen molar-refractivity contribution >= 4 is 46.9 Å². The molecule has 0 unspecified atom stereocenters. The average Bonchev–Trinajstić information content (AvgIpc) is 2.87. The number of amides is 3. The number of nitrogens with zero attached hydrogens (tertiary/aromatic N) is 1. The van der Waals surface area contributed by atoms with Gasteiger partial charge >= 0.3 is 11.8 Å². The molecule has 9 nitrogen and oxygen atoms in total. The van der Waals surface area contributed by atoms with Gasteiger partial charge in [0.05, 0.1) is 12.8 Å². The molecule has 0 radical (unpaired) electrons. The Morgan fingerprint density at radius 1 is 0.889 bits per heavy atom. The van der Waals surface area contributed by atoms with Gasteiger partial charge in [0, 0.05) is 22.0 Å². The largest absolute Gasteiger partial charge is 0.494 e. The molecule has 0 spiro atoms. The number of carbonyl (C=O) groups excluding carboxylic acids is 3. The highest BCUT2D eigenvalue weighted by Crippen LogP contribution is 2.18. The summed E-state index contributed by atoms with van der Waals surface area (Å²) in [4.78, 5) is 36.4. The van der Waals surface area contributed by atoms with Crippen molar-refractivity contribution in [1.29, 1.82) is 0 Å². The van der Waals surface area contributed by atoms with Gasteiger partial charge in [0.25, 0.3) is 5.91 Å². The van der Waals surface area contributed by atoms with Crippen LogP contribution in [0.5, 0.6) is 11.5 Å². The van der Waals surface area contributed by atoms with E-state index in [9.17, 15) is 14.4 Å². The third kappa shape index (κ3) is 8.44. The van der Waals surface area contributed by atoms with Gasteiger partial charge in [-0.1, -0.05) is 36.7 Å². The number of rotatable bonds is 10. The molecule has 0 bridgehead atoms. The lowest BCUT2D eigenvalue weighted by atomic mass is 10.2. The number of nitrogens with one attached hydrogen (secondary N) is 3. The number of hydrogen-bond acceptors (Lipinski definition) is 6. The summed E-state index contributed by atoms with van der Waals surface area (Å²) in [6.07, 6.45) is 2.20. The van der Waals surface area contributed by atoms with Crippen molar-refractivity contribution in [1.82, 2.24) is 5.43 Å². The number of ether oxygens (including phenoxy) is 2. The zero-order valence-electron chi connectivity index (χ0n) is 19.5. The van der Waals surface area contributed by atoms with Gasteiger partial charge in [-0.2, -0.15) is 5.10 Å². The van der Waals surface area contributed by atoms with Gasteiger partial charge in [-0.25, -0.2) is 5.43 Å². The van der Waals surface area contributed by atoms with Crippen LogP contribution < -0.4 is 25.5 Å². The minimum absolute atomic E-state index is 0.256. The maximum absolute atomic E-state index is 12.2. The van der Waals surface area contributed by atoms with Crippen molar-refractivity contribution in [2.45, 2.75) is 13.3 Å². The molecule has 3 aromatic carbocycles. The van der Waals surface area contributed by atoms with E-state index in [-0.39, 0.29) is 12.5 Å². The number of para-hydroxylation sites is 1. The molecule has 0 fully saturated rings. The lowest BCUT2D eigenvalue weighted by Gasteiger charge is -2.10. The topological polar surface area (TPSA) is 118 Å². The Morgan fingerprint density at radius 2 is 1.67 bits per heavy atom. The molecule has 0 aliphatic heterocycles. The zero-order valence-corrected chi connectivity index (χ0v) is 20.2. The van der Waals surface area contributed by atoms with Crippen LogP contribution in [-0.2, 0) is 14.4 Å². The fourth-order valence-electron chi connectivity index (χ4n) is 2.88. The first-order chi connectivity index (χ1) is 17.4. The molecule has 3 rings (SSSR count). The van der Waals surface area contributed by atoms with Crippen LogP contribution >= 0.6 is 11.6 Å². The van der Waals surface area contributed by atoms with Gasteiger partial charge in [0.2, 0.25) is 0 Å². The van der Waals surface area contributed by atoms with Gasteiger partial charge in [0.1, 0.15) is 11.5 Å². The summed E-state index contributed by atoms with van der Waals surface area (Å²) in [5, 5.41) is 9.49. The van der Waals surface area contributed by atoms with E-state index < -0.39 is 11.8 Å². The Balaban J connectivity index is 1.49. The van der Waals surface area contributed by atoms with Gasteiger partial charge in [-0.15, -0.1) is 0 Å². The Hall–Kier alpha value is -4.37. The van der Waals surface area contributed by atoms with E-state index >= 15 is 0 Å². The Morgan fingerprint density at radius 3 is 2.42 bits per heavy atom. The Bertz CT molecular complexity index is 1230. The molecule has 36 heavy (non-hydrogen) atoms. The molecule has 3 aromatic rings. The summed E-state index contributed by atoms with van der Waals surface area (Å²) in [5.74, 6) is -1.16. The van der Waals surface area contributed by atoms with Crippen LogP contribution in [0.1, 0.15) is 18.9 Å². The summed E-state index contributed by atoms with van der Waals surface area (Å²) in [7, 11) is 0. The van der Waals surface area contributed by atoms with Gasteiger partial charge in [-0.3, -0.25) is 14.4 Å². The highest BCUT2D eigenvalue weighted by Gasteiger charge is 2.13. The van der Waals surface area contributed by atoms with Gasteiger partial charge in [-0.05, 0) is 61.0 Å². The van der Waals surface area contributed by atoms with E-state index in [1.807, 2.05) is 6.92 Å². The van der Waals surface area contributed by atoms with Crippen molar-refractivity contribution in [2.24, 2.45) is 5.10 Å². The van der Waals surface area contributed by atoms with Crippen molar-refractivity contribution in [3.05, 3.63) is 83.4 Å². The first-order valence-corrected chi connectivity index (χ1v) is 11.5. The first-order valence-electron chi connectivity index (χ1n) is 11.1.